The molecule has 0 N–H and O–H groups in total. The second kappa shape index (κ2) is 5.55. The Morgan fingerprint density at radius 3 is 2.67 bits per heavy atom. The van der Waals surface area contributed by atoms with Crippen LogP contribution in [0.25, 0.3) is 0 Å². The van der Waals surface area contributed by atoms with Crippen molar-refractivity contribution in [3.05, 3.63) is 46.4 Å². The molecule has 0 radical (unpaired) electrons. The van der Waals surface area contributed by atoms with E-state index < -0.39 is 0 Å². The van der Waals surface area contributed by atoms with E-state index in [0.717, 1.165) is 16.8 Å². The molecule has 0 aliphatic rings. The molecule has 0 bridgehead atoms. The van der Waals surface area contributed by atoms with Crippen LogP contribution in [0.4, 0.5) is 0 Å². The highest BCUT2D eigenvalue weighted by Crippen LogP contribution is 2.28. The zero-order valence-electron chi connectivity index (χ0n) is 10.1. The minimum Gasteiger partial charge on any atom is -0.437 e. The number of alkyl halides is 1. The smallest absolute Gasteiger partial charge is 0.224 e. The van der Waals surface area contributed by atoms with E-state index in [1.165, 1.54) is 0 Å². The van der Waals surface area contributed by atoms with Gasteiger partial charge >= 0.3 is 0 Å². The van der Waals surface area contributed by atoms with Crippen LogP contribution in [0.15, 0.2) is 24.5 Å². The fourth-order valence-corrected chi connectivity index (χ4v) is 2.12. The third kappa shape index (κ3) is 2.92. The Balaban J connectivity index is 2.39. The van der Waals surface area contributed by atoms with Crippen LogP contribution in [0, 0.1) is 13.8 Å². The number of pyridine rings is 2. The maximum atomic E-state index is 5.93. The first-order chi connectivity index (χ1) is 8.60. The van der Waals surface area contributed by atoms with Crippen molar-refractivity contribution in [2.24, 2.45) is 0 Å². The maximum Gasteiger partial charge on any atom is 0.224 e. The van der Waals surface area contributed by atoms with E-state index in [4.69, 9.17) is 27.9 Å². The summed E-state index contributed by atoms with van der Waals surface area (Å²) in [4.78, 5) is 8.32. The van der Waals surface area contributed by atoms with Gasteiger partial charge in [-0.15, -0.1) is 11.6 Å². The summed E-state index contributed by atoms with van der Waals surface area (Å²) in [6.45, 7) is 3.89. The summed E-state index contributed by atoms with van der Waals surface area (Å²) in [6, 6.07) is 3.66. The van der Waals surface area contributed by atoms with Gasteiger partial charge in [0.15, 0.2) is 0 Å². The normalized spacial score (nSPS) is 10.4. The van der Waals surface area contributed by atoms with Crippen LogP contribution in [-0.4, -0.2) is 9.97 Å². The lowest BCUT2D eigenvalue weighted by Gasteiger charge is -2.11. The molecule has 3 nitrogen and oxygen atoms in total. The molecule has 0 aliphatic carbocycles. The van der Waals surface area contributed by atoms with E-state index in [2.05, 4.69) is 9.97 Å². The topological polar surface area (TPSA) is 35.0 Å². The van der Waals surface area contributed by atoms with Gasteiger partial charge in [-0.05, 0) is 25.5 Å². The highest BCUT2D eigenvalue weighted by Gasteiger charge is 2.10. The van der Waals surface area contributed by atoms with Crippen LogP contribution >= 0.6 is 23.2 Å². The predicted octanol–water partition coefficient (Wildman–Crippen LogP) is 4.28. The van der Waals surface area contributed by atoms with Crippen molar-refractivity contribution in [1.29, 1.82) is 0 Å². The van der Waals surface area contributed by atoms with Gasteiger partial charge in [0.1, 0.15) is 5.75 Å². The van der Waals surface area contributed by atoms with Gasteiger partial charge in [0.2, 0.25) is 5.88 Å². The van der Waals surface area contributed by atoms with Gasteiger partial charge in [0, 0.05) is 23.5 Å². The molecule has 0 spiro atoms. The molecule has 2 heterocycles. The van der Waals surface area contributed by atoms with Crippen LogP contribution in [0.5, 0.6) is 11.6 Å². The van der Waals surface area contributed by atoms with Gasteiger partial charge in [-0.3, -0.25) is 4.98 Å². The van der Waals surface area contributed by atoms with Crippen molar-refractivity contribution in [2.45, 2.75) is 19.7 Å². The highest BCUT2D eigenvalue weighted by molar-refractivity contribution is 6.30. The molecule has 0 saturated carbocycles. The molecule has 0 aliphatic heterocycles. The lowest BCUT2D eigenvalue weighted by atomic mass is 10.1. The fraction of sp³-hybridized carbons (Fsp3) is 0.231. The van der Waals surface area contributed by atoms with Crippen molar-refractivity contribution in [3.63, 3.8) is 0 Å². The van der Waals surface area contributed by atoms with Crippen molar-refractivity contribution in [1.82, 2.24) is 9.97 Å². The number of ether oxygens (including phenoxy) is 1. The van der Waals surface area contributed by atoms with E-state index in [-0.39, 0.29) is 0 Å². The van der Waals surface area contributed by atoms with Crippen molar-refractivity contribution >= 4 is 23.2 Å². The van der Waals surface area contributed by atoms with E-state index in [9.17, 15) is 0 Å². The number of aromatic nitrogens is 2. The zero-order valence-corrected chi connectivity index (χ0v) is 11.6. The van der Waals surface area contributed by atoms with E-state index in [1.54, 1.807) is 18.5 Å². The second-order valence-electron chi connectivity index (χ2n) is 3.94. The molecule has 0 atom stereocenters. The number of nitrogens with zero attached hydrogens (tertiary/aromatic N) is 2. The molecule has 0 fully saturated rings. The summed E-state index contributed by atoms with van der Waals surface area (Å²) in [7, 11) is 0. The Morgan fingerprint density at radius 1 is 1.22 bits per heavy atom. The summed E-state index contributed by atoms with van der Waals surface area (Å²) >= 11 is 11.8. The number of rotatable bonds is 3. The van der Waals surface area contributed by atoms with Crippen LogP contribution < -0.4 is 4.74 Å². The van der Waals surface area contributed by atoms with E-state index in [0.29, 0.717) is 22.5 Å². The van der Waals surface area contributed by atoms with Crippen LogP contribution in [0.2, 0.25) is 5.02 Å². The monoisotopic (exact) mass is 282 g/mol. The number of hydrogen-bond donors (Lipinski definition) is 0. The molecule has 94 valence electrons. The molecule has 2 aromatic rings. The Bertz CT molecular complexity index is 573. The molecule has 0 saturated heterocycles. The predicted molar refractivity (Wildman–Crippen MR) is 72.6 cm³/mol. The van der Waals surface area contributed by atoms with Gasteiger partial charge in [0.05, 0.1) is 17.1 Å². The Hall–Kier alpha value is -1.32. The number of halogens is 2. The third-order valence-corrected chi connectivity index (χ3v) is 2.94. The number of hydrogen-bond acceptors (Lipinski definition) is 3. The molecule has 2 rings (SSSR count). The molecule has 18 heavy (non-hydrogen) atoms. The maximum absolute atomic E-state index is 5.93. The second-order valence-corrected chi connectivity index (χ2v) is 4.64. The molecular formula is C13H12Cl2N2O. The summed E-state index contributed by atoms with van der Waals surface area (Å²) in [5.41, 5.74) is 2.82. The van der Waals surface area contributed by atoms with Gasteiger partial charge in [0.25, 0.3) is 0 Å². The molecule has 5 heteroatoms. The molecule has 0 aromatic carbocycles. The molecule has 0 unspecified atom stereocenters. The van der Waals surface area contributed by atoms with Gasteiger partial charge < -0.3 is 4.74 Å². The molecule has 0 amide bonds. The molecule has 2 aromatic heterocycles. The van der Waals surface area contributed by atoms with Gasteiger partial charge in [-0.25, -0.2) is 4.98 Å². The van der Waals surface area contributed by atoms with Gasteiger partial charge in [-0.2, -0.15) is 0 Å². The first-order valence-corrected chi connectivity index (χ1v) is 6.33. The summed E-state index contributed by atoms with van der Waals surface area (Å²) in [6.07, 6.45) is 3.13. The SMILES string of the molecule is Cc1cc(C)c(CCl)c(Oc2cncc(Cl)c2)n1. The summed E-state index contributed by atoms with van der Waals surface area (Å²) in [5.74, 6) is 1.40. The first-order valence-electron chi connectivity index (χ1n) is 5.41. The average Bonchev–Trinajstić information content (AvgIpc) is 2.28. The third-order valence-electron chi connectivity index (χ3n) is 2.47. The van der Waals surface area contributed by atoms with E-state index >= 15 is 0 Å². The van der Waals surface area contributed by atoms with Crippen LogP contribution in [-0.2, 0) is 5.88 Å². The van der Waals surface area contributed by atoms with Crippen LogP contribution in [0.3, 0.4) is 0 Å². The Labute approximate surface area is 116 Å². The quantitative estimate of drug-likeness (QED) is 0.789. The summed E-state index contributed by atoms with van der Waals surface area (Å²) in [5, 5.41) is 0.518. The van der Waals surface area contributed by atoms with Crippen LogP contribution in [0.1, 0.15) is 16.8 Å². The largest absolute Gasteiger partial charge is 0.437 e. The van der Waals surface area contributed by atoms with Gasteiger partial charge in [-0.1, -0.05) is 11.6 Å². The lowest BCUT2D eigenvalue weighted by Crippen LogP contribution is -1.98. The minimum absolute atomic E-state index is 0.350. The average molecular weight is 283 g/mol. The molecular weight excluding hydrogens is 271 g/mol. The standard InChI is InChI=1S/C13H12Cl2N2O/c1-8-3-9(2)17-13(12(8)5-14)18-11-4-10(15)6-16-7-11/h3-4,6-7H,5H2,1-2H3. The number of aryl methyl sites for hydroxylation is 2. The Morgan fingerprint density at radius 2 is 2.00 bits per heavy atom. The highest BCUT2D eigenvalue weighted by atomic mass is 35.5. The summed E-state index contributed by atoms with van der Waals surface area (Å²) < 4.78 is 5.70. The lowest BCUT2D eigenvalue weighted by molar-refractivity contribution is 0.454. The van der Waals surface area contributed by atoms with E-state index in [1.807, 2.05) is 19.9 Å². The zero-order chi connectivity index (χ0) is 13.1. The van der Waals surface area contributed by atoms with Crippen molar-refractivity contribution in [2.75, 3.05) is 0 Å². The minimum atomic E-state index is 0.350. The fourth-order valence-electron chi connectivity index (χ4n) is 1.64. The Kier molecular flexibility index (Phi) is 4.04. The van der Waals surface area contributed by atoms with Crippen molar-refractivity contribution < 1.29 is 4.74 Å². The first kappa shape index (κ1) is 13.1. The van der Waals surface area contributed by atoms with Crippen molar-refractivity contribution in [3.8, 4) is 11.6 Å².